The van der Waals surface area contributed by atoms with Crippen LogP contribution >= 0.6 is 0 Å². The molecule has 1 unspecified atom stereocenters. The van der Waals surface area contributed by atoms with Crippen LogP contribution in [0.2, 0.25) is 0 Å². The van der Waals surface area contributed by atoms with Gasteiger partial charge in [-0.05, 0) is 106 Å². The van der Waals surface area contributed by atoms with Gasteiger partial charge in [-0.25, -0.2) is 0 Å². The van der Waals surface area contributed by atoms with Gasteiger partial charge in [-0.1, -0.05) is 49.6 Å². The maximum Gasteiger partial charge on any atom is 0.155 e. The molecule has 0 N–H and O–H groups in total. The van der Waals surface area contributed by atoms with Gasteiger partial charge in [0.05, 0.1) is 0 Å². The quantitative estimate of drug-likeness (QED) is 0.463. The van der Waals surface area contributed by atoms with Gasteiger partial charge in [-0.2, -0.15) is 0 Å². The van der Waals surface area contributed by atoms with Gasteiger partial charge in [0.15, 0.2) is 5.78 Å². The lowest BCUT2D eigenvalue weighted by Gasteiger charge is -2.55. The standard InChI is InChI=1S/C27H40O/c1-18(2)7-6-8-19(3)23-11-12-24-22-10-9-20-17-21(28)13-15-26(20,4)25(22)14-16-27(23,24)5/h7,10,17,19,23-25H,6,8-9,11-16H2,1-5H3/t19-,23?,24+,25+,26+,27-/m1/s1. The van der Waals surface area contributed by atoms with E-state index in [9.17, 15) is 4.79 Å². The predicted molar refractivity (Wildman–Crippen MR) is 118 cm³/mol. The molecule has 0 aromatic carbocycles. The van der Waals surface area contributed by atoms with E-state index < -0.39 is 0 Å². The van der Waals surface area contributed by atoms with E-state index in [0.717, 1.165) is 37.0 Å². The summed E-state index contributed by atoms with van der Waals surface area (Å²) in [6.07, 6.45) is 18.0. The summed E-state index contributed by atoms with van der Waals surface area (Å²) >= 11 is 0. The summed E-state index contributed by atoms with van der Waals surface area (Å²) < 4.78 is 0. The number of carbonyl (C=O) groups is 1. The lowest BCUT2D eigenvalue weighted by Crippen LogP contribution is -2.46. The van der Waals surface area contributed by atoms with Gasteiger partial charge in [-0.3, -0.25) is 4.79 Å². The van der Waals surface area contributed by atoms with Crippen molar-refractivity contribution in [2.24, 2.45) is 34.5 Å². The van der Waals surface area contributed by atoms with Crippen molar-refractivity contribution >= 4 is 5.78 Å². The van der Waals surface area contributed by atoms with E-state index in [1.54, 1.807) is 5.57 Å². The molecule has 28 heavy (non-hydrogen) atoms. The van der Waals surface area contributed by atoms with Crippen LogP contribution in [0.5, 0.6) is 0 Å². The highest BCUT2D eigenvalue weighted by Crippen LogP contribution is 2.66. The summed E-state index contributed by atoms with van der Waals surface area (Å²) in [5.41, 5.74) is 5.44. The molecular formula is C27H40O. The van der Waals surface area contributed by atoms with Crippen LogP contribution in [0.1, 0.15) is 92.4 Å². The zero-order valence-corrected chi connectivity index (χ0v) is 18.8. The molecule has 4 rings (SSSR count). The third-order valence-corrected chi connectivity index (χ3v) is 9.33. The Hall–Kier alpha value is -1.11. The molecule has 0 bridgehead atoms. The molecule has 6 atom stereocenters. The van der Waals surface area contributed by atoms with E-state index in [0.29, 0.717) is 17.1 Å². The molecule has 2 saturated carbocycles. The average molecular weight is 381 g/mol. The van der Waals surface area contributed by atoms with Crippen LogP contribution in [-0.2, 0) is 4.79 Å². The second kappa shape index (κ2) is 7.29. The Labute approximate surface area is 172 Å². The normalized spacial score (nSPS) is 40.6. The van der Waals surface area contributed by atoms with Crippen molar-refractivity contribution in [3.8, 4) is 0 Å². The van der Waals surface area contributed by atoms with Crippen LogP contribution < -0.4 is 0 Å². The highest BCUT2D eigenvalue weighted by Gasteiger charge is 2.56. The summed E-state index contributed by atoms with van der Waals surface area (Å²) in [6, 6.07) is 0. The predicted octanol–water partition coefficient (Wildman–Crippen LogP) is 7.44. The van der Waals surface area contributed by atoms with Gasteiger partial charge in [0.25, 0.3) is 0 Å². The first-order valence-corrected chi connectivity index (χ1v) is 11.8. The number of carbonyl (C=O) groups excluding carboxylic acids is 1. The second-order valence-electron chi connectivity index (χ2n) is 11.1. The minimum Gasteiger partial charge on any atom is -0.295 e. The lowest BCUT2D eigenvalue weighted by molar-refractivity contribution is -0.116. The summed E-state index contributed by atoms with van der Waals surface area (Å²) in [4.78, 5) is 12.0. The molecule has 154 valence electrons. The van der Waals surface area contributed by atoms with Crippen LogP contribution in [0.25, 0.3) is 0 Å². The molecule has 0 radical (unpaired) electrons. The van der Waals surface area contributed by atoms with Gasteiger partial charge in [-0.15, -0.1) is 0 Å². The molecular weight excluding hydrogens is 340 g/mol. The van der Waals surface area contributed by atoms with E-state index in [-0.39, 0.29) is 5.41 Å². The smallest absolute Gasteiger partial charge is 0.155 e. The van der Waals surface area contributed by atoms with Crippen LogP contribution in [0.3, 0.4) is 0 Å². The Balaban J connectivity index is 1.56. The summed E-state index contributed by atoms with van der Waals surface area (Å²) in [7, 11) is 0. The Morgan fingerprint density at radius 1 is 1.18 bits per heavy atom. The first-order chi connectivity index (χ1) is 13.3. The van der Waals surface area contributed by atoms with Crippen molar-refractivity contribution in [1.82, 2.24) is 0 Å². The minimum atomic E-state index is 0.256. The number of hydrogen-bond acceptors (Lipinski definition) is 1. The molecule has 1 heteroatoms. The molecule has 0 spiro atoms. The Morgan fingerprint density at radius 2 is 1.96 bits per heavy atom. The van der Waals surface area contributed by atoms with Crippen molar-refractivity contribution in [1.29, 1.82) is 0 Å². The fourth-order valence-electron chi connectivity index (χ4n) is 7.67. The highest BCUT2D eigenvalue weighted by atomic mass is 16.1. The molecule has 0 saturated heterocycles. The number of fused-ring (bicyclic) bond motifs is 5. The van der Waals surface area contributed by atoms with E-state index in [2.05, 4.69) is 46.8 Å². The maximum absolute atomic E-state index is 12.0. The molecule has 4 aliphatic carbocycles. The second-order valence-corrected chi connectivity index (χ2v) is 11.1. The van der Waals surface area contributed by atoms with E-state index in [1.807, 2.05) is 6.08 Å². The highest BCUT2D eigenvalue weighted by molar-refractivity contribution is 5.91. The van der Waals surface area contributed by atoms with Gasteiger partial charge in [0, 0.05) is 6.42 Å². The first-order valence-electron chi connectivity index (χ1n) is 11.8. The molecule has 1 nitrogen and oxygen atoms in total. The molecule has 4 aliphatic rings. The van der Waals surface area contributed by atoms with E-state index >= 15 is 0 Å². The van der Waals surface area contributed by atoms with Crippen molar-refractivity contribution in [2.75, 3.05) is 0 Å². The Kier molecular flexibility index (Phi) is 5.26. The van der Waals surface area contributed by atoms with Crippen LogP contribution in [0.4, 0.5) is 0 Å². The van der Waals surface area contributed by atoms with Gasteiger partial charge in [0.1, 0.15) is 0 Å². The fourth-order valence-corrected chi connectivity index (χ4v) is 7.67. The van der Waals surface area contributed by atoms with Gasteiger partial charge in [0.2, 0.25) is 0 Å². The molecule has 0 heterocycles. The van der Waals surface area contributed by atoms with Crippen molar-refractivity contribution in [3.05, 3.63) is 34.9 Å². The Bertz CT molecular complexity index is 733. The largest absolute Gasteiger partial charge is 0.295 e. The average Bonchev–Trinajstić information content (AvgIpc) is 2.99. The monoisotopic (exact) mass is 380 g/mol. The summed E-state index contributed by atoms with van der Waals surface area (Å²) in [5, 5.41) is 0. The SMILES string of the molecule is CC(C)=CCC[C@@H](C)C1CC[C@H]2C3=CCC4=CC(=O)CC[C@]4(C)[C@H]3CC[C@]12C. The van der Waals surface area contributed by atoms with Crippen molar-refractivity contribution < 1.29 is 4.79 Å². The lowest BCUT2D eigenvalue weighted by atomic mass is 9.50. The van der Waals surface area contributed by atoms with Crippen LogP contribution in [0, 0.1) is 34.5 Å². The number of hydrogen-bond donors (Lipinski definition) is 0. The third-order valence-electron chi connectivity index (χ3n) is 9.33. The number of allylic oxidation sites excluding steroid dienone is 6. The molecule has 0 aliphatic heterocycles. The zero-order valence-electron chi connectivity index (χ0n) is 18.8. The van der Waals surface area contributed by atoms with E-state index in [4.69, 9.17) is 0 Å². The summed E-state index contributed by atoms with van der Waals surface area (Å²) in [5.74, 6) is 3.54. The summed E-state index contributed by atoms with van der Waals surface area (Å²) in [6.45, 7) is 12.1. The van der Waals surface area contributed by atoms with Crippen molar-refractivity contribution in [2.45, 2.75) is 92.4 Å². The molecule has 2 fully saturated rings. The Morgan fingerprint density at radius 3 is 2.71 bits per heavy atom. The third kappa shape index (κ3) is 3.17. The van der Waals surface area contributed by atoms with Gasteiger partial charge >= 0.3 is 0 Å². The minimum absolute atomic E-state index is 0.256. The van der Waals surface area contributed by atoms with Crippen LogP contribution in [0.15, 0.2) is 34.9 Å². The first kappa shape index (κ1) is 20.2. The zero-order chi connectivity index (χ0) is 20.1. The number of ketones is 1. The molecule has 0 amide bonds. The molecule has 0 aromatic rings. The van der Waals surface area contributed by atoms with Crippen LogP contribution in [-0.4, -0.2) is 5.78 Å². The van der Waals surface area contributed by atoms with E-state index in [1.165, 1.54) is 49.7 Å². The number of rotatable bonds is 4. The van der Waals surface area contributed by atoms with Gasteiger partial charge < -0.3 is 0 Å². The topological polar surface area (TPSA) is 17.1 Å². The van der Waals surface area contributed by atoms with Crippen molar-refractivity contribution in [3.63, 3.8) is 0 Å². The fraction of sp³-hybridized carbons (Fsp3) is 0.741. The maximum atomic E-state index is 12.0. The molecule has 0 aromatic heterocycles.